The Bertz CT molecular complexity index is 551. The first-order valence-corrected chi connectivity index (χ1v) is 5.09. The summed E-state index contributed by atoms with van der Waals surface area (Å²) in [5, 5.41) is 16.9. The molecule has 0 radical (unpaired) electrons. The Labute approximate surface area is 95.5 Å². The first-order valence-electron chi connectivity index (χ1n) is 5.09. The molecule has 0 spiro atoms. The fourth-order valence-corrected chi connectivity index (χ4v) is 1.65. The SMILES string of the molecule is O=C(O)CCn1nc2cc3c(cc2n1)OCO3. The van der Waals surface area contributed by atoms with Crippen LogP contribution in [0.25, 0.3) is 11.0 Å². The lowest BCUT2D eigenvalue weighted by Gasteiger charge is -1.93. The number of ether oxygens (including phenoxy) is 2. The van der Waals surface area contributed by atoms with Crippen LogP contribution in [0.1, 0.15) is 6.42 Å². The molecule has 0 amide bonds. The van der Waals surface area contributed by atoms with Crippen molar-refractivity contribution in [3.05, 3.63) is 12.1 Å². The zero-order valence-corrected chi connectivity index (χ0v) is 8.79. The summed E-state index contributed by atoms with van der Waals surface area (Å²) in [6, 6.07) is 3.48. The number of carboxylic acid groups (broad SMARTS) is 1. The Morgan fingerprint density at radius 2 is 1.88 bits per heavy atom. The number of aryl methyl sites for hydroxylation is 1. The molecular formula is C10H9N3O4. The number of nitrogens with zero attached hydrogens (tertiary/aromatic N) is 3. The fourth-order valence-electron chi connectivity index (χ4n) is 1.65. The van der Waals surface area contributed by atoms with Gasteiger partial charge in [-0.25, -0.2) is 0 Å². The molecule has 0 unspecified atom stereocenters. The van der Waals surface area contributed by atoms with Gasteiger partial charge in [0.25, 0.3) is 0 Å². The first-order chi connectivity index (χ1) is 8.22. The van der Waals surface area contributed by atoms with Gasteiger partial charge in [-0.2, -0.15) is 15.0 Å². The molecule has 0 atom stereocenters. The molecule has 1 aliphatic heterocycles. The molecule has 2 aromatic rings. The van der Waals surface area contributed by atoms with E-state index in [0.29, 0.717) is 22.5 Å². The number of carbonyl (C=O) groups is 1. The molecular weight excluding hydrogens is 226 g/mol. The Balaban J connectivity index is 1.94. The third-order valence-electron chi connectivity index (χ3n) is 2.44. The summed E-state index contributed by atoms with van der Waals surface area (Å²) in [5.41, 5.74) is 1.33. The van der Waals surface area contributed by atoms with E-state index in [4.69, 9.17) is 14.6 Å². The van der Waals surface area contributed by atoms with Crippen LogP contribution in [0, 0.1) is 0 Å². The number of benzene rings is 1. The molecule has 0 saturated carbocycles. The number of aromatic nitrogens is 3. The average molecular weight is 235 g/mol. The monoisotopic (exact) mass is 235 g/mol. The Hall–Kier alpha value is -2.31. The second-order valence-electron chi connectivity index (χ2n) is 3.63. The van der Waals surface area contributed by atoms with Crippen molar-refractivity contribution in [2.45, 2.75) is 13.0 Å². The molecule has 1 N–H and O–H groups in total. The van der Waals surface area contributed by atoms with E-state index in [2.05, 4.69) is 10.2 Å². The molecule has 2 heterocycles. The maximum Gasteiger partial charge on any atom is 0.305 e. The predicted molar refractivity (Wildman–Crippen MR) is 55.9 cm³/mol. The largest absolute Gasteiger partial charge is 0.481 e. The maximum absolute atomic E-state index is 10.4. The summed E-state index contributed by atoms with van der Waals surface area (Å²) in [4.78, 5) is 11.8. The second-order valence-corrected chi connectivity index (χ2v) is 3.63. The standard InChI is InChI=1S/C10H9N3O4/c14-10(15)1-2-13-11-6-3-8-9(17-5-16-8)4-7(6)12-13/h3-4H,1-2,5H2,(H,14,15). The summed E-state index contributed by atoms with van der Waals surface area (Å²) >= 11 is 0. The van der Waals surface area contributed by atoms with Crippen LogP contribution in [-0.4, -0.2) is 32.9 Å². The molecule has 17 heavy (non-hydrogen) atoms. The van der Waals surface area contributed by atoms with Crippen molar-refractivity contribution in [1.29, 1.82) is 0 Å². The minimum Gasteiger partial charge on any atom is -0.481 e. The highest BCUT2D eigenvalue weighted by Gasteiger charge is 2.16. The summed E-state index contributed by atoms with van der Waals surface area (Å²) < 4.78 is 10.4. The van der Waals surface area contributed by atoms with E-state index in [1.54, 1.807) is 12.1 Å². The number of hydrogen-bond acceptors (Lipinski definition) is 5. The van der Waals surface area contributed by atoms with E-state index in [0.717, 1.165) is 0 Å². The minimum absolute atomic E-state index is 0.00625. The van der Waals surface area contributed by atoms with Crippen molar-refractivity contribution >= 4 is 17.0 Å². The smallest absolute Gasteiger partial charge is 0.305 e. The third-order valence-corrected chi connectivity index (χ3v) is 2.44. The van der Waals surface area contributed by atoms with Gasteiger partial charge in [0, 0.05) is 12.1 Å². The molecule has 1 aromatic heterocycles. The van der Waals surface area contributed by atoms with Crippen LogP contribution in [0.5, 0.6) is 11.5 Å². The maximum atomic E-state index is 10.4. The quantitative estimate of drug-likeness (QED) is 0.839. The average Bonchev–Trinajstić information content (AvgIpc) is 2.87. The van der Waals surface area contributed by atoms with Crippen LogP contribution in [0.2, 0.25) is 0 Å². The van der Waals surface area contributed by atoms with E-state index >= 15 is 0 Å². The van der Waals surface area contributed by atoms with Crippen LogP contribution in [0.3, 0.4) is 0 Å². The number of hydrogen-bond donors (Lipinski definition) is 1. The lowest BCUT2D eigenvalue weighted by atomic mass is 10.3. The Morgan fingerprint density at radius 1 is 1.29 bits per heavy atom. The molecule has 1 aliphatic rings. The lowest BCUT2D eigenvalue weighted by Crippen LogP contribution is -2.07. The number of fused-ring (bicyclic) bond motifs is 2. The van der Waals surface area contributed by atoms with Crippen molar-refractivity contribution in [3.8, 4) is 11.5 Å². The molecule has 0 aliphatic carbocycles. The Morgan fingerprint density at radius 3 is 2.41 bits per heavy atom. The van der Waals surface area contributed by atoms with Gasteiger partial charge in [-0.1, -0.05) is 0 Å². The van der Waals surface area contributed by atoms with E-state index in [-0.39, 0.29) is 19.8 Å². The van der Waals surface area contributed by atoms with Crippen LogP contribution in [-0.2, 0) is 11.3 Å². The molecule has 1 aromatic carbocycles. The molecule has 0 bridgehead atoms. The Kier molecular flexibility index (Phi) is 2.10. The van der Waals surface area contributed by atoms with Gasteiger partial charge in [-0.3, -0.25) is 4.79 Å². The van der Waals surface area contributed by atoms with E-state index in [9.17, 15) is 4.79 Å². The lowest BCUT2D eigenvalue weighted by molar-refractivity contribution is -0.137. The fraction of sp³-hybridized carbons (Fsp3) is 0.300. The summed E-state index contributed by atoms with van der Waals surface area (Å²) in [6.07, 6.45) is -0.00625. The normalized spacial score (nSPS) is 13.2. The number of carboxylic acids is 1. The van der Waals surface area contributed by atoms with E-state index < -0.39 is 5.97 Å². The van der Waals surface area contributed by atoms with Gasteiger partial charge in [0.15, 0.2) is 11.5 Å². The van der Waals surface area contributed by atoms with Gasteiger partial charge in [0.1, 0.15) is 11.0 Å². The van der Waals surface area contributed by atoms with Gasteiger partial charge >= 0.3 is 5.97 Å². The molecule has 88 valence electrons. The summed E-state index contributed by atoms with van der Waals surface area (Å²) in [6.45, 7) is 0.456. The second kappa shape index (κ2) is 3.62. The van der Waals surface area contributed by atoms with Crippen molar-refractivity contribution < 1.29 is 19.4 Å². The van der Waals surface area contributed by atoms with Crippen LogP contribution < -0.4 is 9.47 Å². The summed E-state index contributed by atoms with van der Waals surface area (Å²) in [5.74, 6) is 0.408. The van der Waals surface area contributed by atoms with Crippen LogP contribution >= 0.6 is 0 Å². The van der Waals surface area contributed by atoms with Gasteiger partial charge in [0.2, 0.25) is 6.79 Å². The van der Waals surface area contributed by atoms with Crippen molar-refractivity contribution in [1.82, 2.24) is 15.0 Å². The third kappa shape index (κ3) is 1.75. The van der Waals surface area contributed by atoms with Crippen LogP contribution in [0.4, 0.5) is 0 Å². The van der Waals surface area contributed by atoms with Crippen LogP contribution in [0.15, 0.2) is 12.1 Å². The minimum atomic E-state index is -0.875. The molecule has 0 fully saturated rings. The van der Waals surface area contributed by atoms with Crippen molar-refractivity contribution in [3.63, 3.8) is 0 Å². The van der Waals surface area contributed by atoms with Crippen molar-refractivity contribution in [2.75, 3.05) is 6.79 Å². The number of aliphatic carboxylic acids is 1. The zero-order chi connectivity index (χ0) is 11.8. The highest BCUT2D eigenvalue weighted by atomic mass is 16.7. The molecule has 3 rings (SSSR count). The van der Waals surface area contributed by atoms with E-state index in [1.807, 2.05) is 0 Å². The summed E-state index contributed by atoms with van der Waals surface area (Å²) in [7, 11) is 0. The zero-order valence-electron chi connectivity index (χ0n) is 8.79. The first kappa shape index (κ1) is 9.88. The van der Waals surface area contributed by atoms with E-state index in [1.165, 1.54) is 4.80 Å². The molecule has 7 heteroatoms. The van der Waals surface area contributed by atoms with Gasteiger partial charge in [0.05, 0.1) is 13.0 Å². The van der Waals surface area contributed by atoms with Crippen molar-refractivity contribution in [2.24, 2.45) is 0 Å². The van der Waals surface area contributed by atoms with Gasteiger partial charge in [-0.15, -0.1) is 0 Å². The van der Waals surface area contributed by atoms with Gasteiger partial charge in [-0.05, 0) is 0 Å². The number of rotatable bonds is 3. The highest BCUT2D eigenvalue weighted by Crippen LogP contribution is 2.34. The molecule has 7 nitrogen and oxygen atoms in total. The molecule has 0 saturated heterocycles. The highest BCUT2D eigenvalue weighted by molar-refractivity contribution is 5.78. The predicted octanol–water partition coefficient (Wildman–Crippen LogP) is 0.635. The van der Waals surface area contributed by atoms with Gasteiger partial charge < -0.3 is 14.6 Å². The topological polar surface area (TPSA) is 86.5 Å².